The maximum Gasteiger partial charge on any atom is 0.251 e. The van der Waals surface area contributed by atoms with Crippen LogP contribution in [0, 0.1) is 0 Å². The Labute approximate surface area is 111 Å². The Morgan fingerprint density at radius 3 is 2.61 bits per heavy atom. The molecular weight excluding hydrogens is 276 g/mol. The number of hydrogen-bond donors (Lipinski definition) is 2. The van der Waals surface area contributed by atoms with E-state index in [-0.39, 0.29) is 21.5 Å². The lowest BCUT2D eigenvalue weighted by Gasteiger charge is -2.10. The van der Waals surface area contributed by atoms with Gasteiger partial charge in [-0.15, -0.1) is 6.58 Å². The molecule has 0 spiro atoms. The van der Waals surface area contributed by atoms with Crippen LogP contribution in [0.15, 0.2) is 35.7 Å². The Morgan fingerprint density at radius 2 is 2.11 bits per heavy atom. The number of carbonyl (C=O) groups excluding carboxylic acids is 1. The summed E-state index contributed by atoms with van der Waals surface area (Å²) in [7, 11) is -3.90. The average molecular weight is 289 g/mol. The molecule has 1 aromatic carbocycles. The molecule has 1 atom stereocenters. The van der Waals surface area contributed by atoms with Crippen LogP contribution >= 0.6 is 11.6 Å². The van der Waals surface area contributed by atoms with Crippen molar-refractivity contribution < 1.29 is 13.2 Å². The Morgan fingerprint density at radius 1 is 1.50 bits per heavy atom. The van der Waals surface area contributed by atoms with E-state index in [9.17, 15) is 13.2 Å². The van der Waals surface area contributed by atoms with Gasteiger partial charge < -0.3 is 5.32 Å². The number of hydrogen-bond acceptors (Lipinski definition) is 3. The lowest BCUT2D eigenvalue weighted by atomic mass is 10.2. The summed E-state index contributed by atoms with van der Waals surface area (Å²) in [6.07, 6.45) is 1.54. The SMILES string of the molecule is C=CC(C)NC(=O)c1cc(Cl)cc(S(N)(=O)=O)c1. The number of nitrogens with one attached hydrogen (secondary N) is 1. The average Bonchev–Trinajstić information content (AvgIpc) is 2.26. The topological polar surface area (TPSA) is 89.3 Å². The molecule has 1 aromatic rings. The molecule has 0 saturated carbocycles. The molecular formula is C11H13ClN2O3S. The first-order valence-corrected chi connectivity index (χ1v) is 6.93. The summed E-state index contributed by atoms with van der Waals surface area (Å²) in [5.41, 5.74) is 0.125. The van der Waals surface area contributed by atoms with Crippen molar-refractivity contribution in [1.82, 2.24) is 5.32 Å². The zero-order valence-electron chi connectivity index (χ0n) is 9.68. The second-order valence-electron chi connectivity index (χ2n) is 3.72. The van der Waals surface area contributed by atoms with E-state index in [1.165, 1.54) is 18.2 Å². The van der Waals surface area contributed by atoms with Gasteiger partial charge in [0.2, 0.25) is 10.0 Å². The van der Waals surface area contributed by atoms with Crippen LogP contribution in [0.25, 0.3) is 0 Å². The Balaban J connectivity index is 3.15. The number of carbonyl (C=O) groups is 1. The van der Waals surface area contributed by atoms with Crippen LogP contribution in [-0.2, 0) is 10.0 Å². The summed E-state index contributed by atoms with van der Waals surface area (Å²) in [4.78, 5) is 11.6. The van der Waals surface area contributed by atoms with Gasteiger partial charge in [0.05, 0.1) is 4.90 Å². The van der Waals surface area contributed by atoms with E-state index in [1.807, 2.05) is 0 Å². The number of primary sulfonamides is 1. The monoisotopic (exact) mass is 288 g/mol. The molecule has 18 heavy (non-hydrogen) atoms. The maximum atomic E-state index is 11.8. The maximum absolute atomic E-state index is 11.8. The minimum atomic E-state index is -3.90. The molecule has 0 bridgehead atoms. The van der Waals surface area contributed by atoms with Crippen molar-refractivity contribution in [3.63, 3.8) is 0 Å². The third kappa shape index (κ3) is 3.83. The molecule has 0 aliphatic heterocycles. The smallest absolute Gasteiger partial charge is 0.251 e. The highest BCUT2D eigenvalue weighted by molar-refractivity contribution is 7.89. The number of amides is 1. The molecule has 1 unspecified atom stereocenters. The van der Waals surface area contributed by atoms with Gasteiger partial charge in [0, 0.05) is 16.6 Å². The molecule has 0 fully saturated rings. The van der Waals surface area contributed by atoms with Gasteiger partial charge in [-0.05, 0) is 25.1 Å². The highest BCUT2D eigenvalue weighted by Crippen LogP contribution is 2.18. The van der Waals surface area contributed by atoms with Crippen molar-refractivity contribution in [1.29, 1.82) is 0 Å². The summed E-state index contributed by atoms with van der Waals surface area (Å²) < 4.78 is 22.4. The Kier molecular flexibility index (Phi) is 4.50. The van der Waals surface area contributed by atoms with E-state index >= 15 is 0 Å². The highest BCUT2D eigenvalue weighted by atomic mass is 35.5. The fraction of sp³-hybridized carbons (Fsp3) is 0.182. The molecule has 98 valence electrons. The van der Waals surface area contributed by atoms with Gasteiger partial charge in [-0.1, -0.05) is 17.7 Å². The van der Waals surface area contributed by atoms with Crippen LogP contribution in [0.4, 0.5) is 0 Å². The first-order chi connectivity index (χ1) is 8.24. The van der Waals surface area contributed by atoms with Gasteiger partial charge in [-0.25, -0.2) is 13.6 Å². The predicted octanol–water partition coefficient (Wildman–Crippen LogP) is 1.29. The lowest BCUT2D eigenvalue weighted by molar-refractivity contribution is 0.0947. The normalized spacial score (nSPS) is 12.8. The molecule has 0 aromatic heterocycles. The van der Waals surface area contributed by atoms with Crippen molar-refractivity contribution in [2.24, 2.45) is 5.14 Å². The van der Waals surface area contributed by atoms with Crippen molar-refractivity contribution in [3.8, 4) is 0 Å². The van der Waals surface area contributed by atoms with E-state index in [0.29, 0.717) is 0 Å². The van der Waals surface area contributed by atoms with Crippen molar-refractivity contribution in [2.45, 2.75) is 17.9 Å². The molecule has 1 amide bonds. The van der Waals surface area contributed by atoms with Crippen LogP contribution in [0.5, 0.6) is 0 Å². The second-order valence-corrected chi connectivity index (χ2v) is 5.72. The summed E-state index contributed by atoms with van der Waals surface area (Å²) >= 11 is 5.75. The number of benzene rings is 1. The largest absolute Gasteiger partial charge is 0.346 e. The standard InChI is InChI=1S/C11H13ClN2O3S/c1-3-7(2)14-11(15)8-4-9(12)6-10(5-8)18(13,16)17/h3-7H,1H2,2H3,(H,14,15)(H2,13,16,17). The second kappa shape index (κ2) is 5.51. The number of halogens is 1. The first-order valence-electron chi connectivity index (χ1n) is 5.01. The Bertz CT molecular complexity index is 584. The molecule has 1 rings (SSSR count). The van der Waals surface area contributed by atoms with Gasteiger partial charge >= 0.3 is 0 Å². The fourth-order valence-corrected chi connectivity index (χ4v) is 2.09. The summed E-state index contributed by atoms with van der Waals surface area (Å²) in [6, 6.07) is 3.48. The molecule has 0 aliphatic carbocycles. The molecule has 0 heterocycles. The van der Waals surface area contributed by atoms with Crippen LogP contribution in [0.1, 0.15) is 17.3 Å². The number of nitrogens with two attached hydrogens (primary N) is 1. The van der Waals surface area contributed by atoms with Crippen LogP contribution in [-0.4, -0.2) is 20.4 Å². The van der Waals surface area contributed by atoms with Gasteiger partial charge in [0.1, 0.15) is 0 Å². The quantitative estimate of drug-likeness (QED) is 0.818. The van der Waals surface area contributed by atoms with E-state index < -0.39 is 15.9 Å². The Hall–Kier alpha value is -1.37. The number of rotatable bonds is 4. The van der Waals surface area contributed by atoms with Gasteiger partial charge in [0.25, 0.3) is 5.91 Å². The minimum absolute atomic E-state index is 0.123. The van der Waals surface area contributed by atoms with E-state index in [4.69, 9.17) is 16.7 Å². The first kappa shape index (κ1) is 14.7. The molecule has 0 aliphatic rings. The molecule has 3 N–H and O–H groups in total. The molecule has 0 saturated heterocycles. The van der Waals surface area contributed by atoms with E-state index in [1.54, 1.807) is 13.0 Å². The third-order valence-electron chi connectivity index (χ3n) is 2.17. The van der Waals surface area contributed by atoms with Gasteiger partial charge in [0.15, 0.2) is 0 Å². The predicted molar refractivity (Wildman–Crippen MR) is 70.0 cm³/mol. The van der Waals surface area contributed by atoms with Gasteiger partial charge in [-0.2, -0.15) is 0 Å². The van der Waals surface area contributed by atoms with E-state index in [2.05, 4.69) is 11.9 Å². The third-order valence-corrected chi connectivity index (χ3v) is 3.29. The minimum Gasteiger partial charge on any atom is -0.346 e. The fourth-order valence-electron chi connectivity index (χ4n) is 1.21. The molecule has 5 nitrogen and oxygen atoms in total. The molecule has 7 heteroatoms. The molecule has 0 radical (unpaired) electrons. The van der Waals surface area contributed by atoms with E-state index in [0.717, 1.165) is 0 Å². The van der Waals surface area contributed by atoms with Gasteiger partial charge in [-0.3, -0.25) is 4.79 Å². The summed E-state index contributed by atoms with van der Waals surface area (Å²) in [5, 5.41) is 7.71. The van der Waals surface area contributed by atoms with Crippen LogP contribution in [0.3, 0.4) is 0 Å². The van der Waals surface area contributed by atoms with Crippen molar-refractivity contribution in [3.05, 3.63) is 41.4 Å². The zero-order valence-corrected chi connectivity index (χ0v) is 11.3. The summed E-state index contributed by atoms with van der Waals surface area (Å²) in [6.45, 7) is 5.26. The lowest BCUT2D eigenvalue weighted by Crippen LogP contribution is -2.31. The number of sulfonamides is 1. The summed E-state index contributed by atoms with van der Waals surface area (Å²) in [5.74, 6) is -0.449. The zero-order chi connectivity index (χ0) is 13.9. The highest BCUT2D eigenvalue weighted by Gasteiger charge is 2.14. The van der Waals surface area contributed by atoms with Crippen molar-refractivity contribution in [2.75, 3.05) is 0 Å². The van der Waals surface area contributed by atoms with Crippen LogP contribution in [0.2, 0.25) is 5.02 Å². The van der Waals surface area contributed by atoms with Crippen molar-refractivity contribution >= 4 is 27.5 Å². The van der Waals surface area contributed by atoms with Crippen LogP contribution < -0.4 is 10.5 Å².